The molecule has 18 heavy (non-hydrogen) atoms. The van der Waals surface area contributed by atoms with Crippen LogP contribution in [-0.4, -0.2) is 34.7 Å². The number of hydrogen-bond donors (Lipinski definition) is 1. The first-order valence-electron chi connectivity index (χ1n) is 6.52. The lowest BCUT2D eigenvalue weighted by atomic mass is 9.85. The summed E-state index contributed by atoms with van der Waals surface area (Å²) >= 11 is 0. The number of anilines is 1. The zero-order valence-corrected chi connectivity index (χ0v) is 11.2. The van der Waals surface area contributed by atoms with Crippen molar-refractivity contribution in [2.24, 2.45) is 18.9 Å². The Bertz CT molecular complexity index is 522. The van der Waals surface area contributed by atoms with E-state index < -0.39 is 0 Å². The van der Waals surface area contributed by atoms with Crippen LogP contribution in [0, 0.1) is 11.8 Å². The van der Waals surface area contributed by atoms with Gasteiger partial charge in [0.05, 0.1) is 0 Å². The molecule has 2 saturated heterocycles. The van der Waals surface area contributed by atoms with Gasteiger partial charge in [-0.05, 0) is 25.7 Å². The van der Waals surface area contributed by atoms with Crippen LogP contribution in [-0.2, 0) is 7.05 Å². The van der Waals surface area contributed by atoms with Gasteiger partial charge in [0.25, 0.3) is 5.56 Å². The summed E-state index contributed by atoms with van der Waals surface area (Å²) in [5.74, 6) is 1.83. The highest BCUT2D eigenvalue weighted by Gasteiger charge is 2.50. The SMILES string of the molecule is Cn1ccnc(N2CC3CNCC3C2(C)C)c1=O. The van der Waals surface area contributed by atoms with E-state index in [2.05, 4.69) is 29.0 Å². The second-order valence-electron chi connectivity index (χ2n) is 5.96. The Balaban J connectivity index is 2.03. The first-order valence-corrected chi connectivity index (χ1v) is 6.52. The molecule has 0 aliphatic carbocycles. The predicted molar refractivity (Wildman–Crippen MR) is 70.8 cm³/mol. The number of aromatic nitrogens is 2. The molecule has 0 aromatic carbocycles. The molecule has 1 aromatic heterocycles. The van der Waals surface area contributed by atoms with E-state index in [-0.39, 0.29) is 11.1 Å². The maximum absolute atomic E-state index is 12.2. The molecule has 2 atom stereocenters. The first kappa shape index (κ1) is 11.7. The fourth-order valence-electron chi connectivity index (χ4n) is 3.45. The fraction of sp³-hybridized carbons (Fsp3) is 0.692. The van der Waals surface area contributed by atoms with E-state index in [0.717, 1.165) is 19.6 Å². The first-order chi connectivity index (χ1) is 8.51. The van der Waals surface area contributed by atoms with Gasteiger partial charge in [-0.25, -0.2) is 4.98 Å². The standard InChI is InChI=1S/C13H20N4O/c1-13(2)10-7-14-6-9(10)8-17(13)11-12(18)16(3)5-4-15-11/h4-5,9-10,14H,6-8H2,1-3H3. The van der Waals surface area contributed by atoms with Crippen LogP contribution in [0.3, 0.4) is 0 Å². The van der Waals surface area contributed by atoms with Crippen LogP contribution in [0.1, 0.15) is 13.8 Å². The molecule has 0 saturated carbocycles. The number of rotatable bonds is 1. The molecule has 5 heteroatoms. The molecule has 0 amide bonds. The highest BCUT2D eigenvalue weighted by atomic mass is 16.1. The van der Waals surface area contributed by atoms with Crippen LogP contribution in [0.2, 0.25) is 0 Å². The van der Waals surface area contributed by atoms with Gasteiger partial charge in [0.15, 0.2) is 5.82 Å². The Morgan fingerprint density at radius 2 is 2.22 bits per heavy atom. The number of hydrogen-bond acceptors (Lipinski definition) is 4. The molecule has 2 unspecified atom stereocenters. The Hall–Kier alpha value is -1.36. The van der Waals surface area contributed by atoms with Crippen LogP contribution in [0.15, 0.2) is 17.2 Å². The molecule has 5 nitrogen and oxygen atoms in total. The molecular weight excluding hydrogens is 228 g/mol. The van der Waals surface area contributed by atoms with Crippen molar-refractivity contribution >= 4 is 5.82 Å². The summed E-state index contributed by atoms with van der Waals surface area (Å²) in [7, 11) is 1.78. The van der Waals surface area contributed by atoms with E-state index in [9.17, 15) is 4.79 Å². The summed E-state index contributed by atoms with van der Waals surface area (Å²) in [4.78, 5) is 18.7. The van der Waals surface area contributed by atoms with E-state index in [1.54, 1.807) is 24.0 Å². The normalized spacial score (nSPS) is 29.6. The number of fused-ring (bicyclic) bond motifs is 1. The summed E-state index contributed by atoms with van der Waals surface area (Å²) in [6.45, 7) is 7.47. The average molecular weight is 248 g/mol. The second kappa shape index (κ2) is 3.82. The largest absolute Gasteiger partial charge is 0.346 e. The zero-order valence-electron chi connectivity index (χ0n) is 11.2. The summed E-state index contributed by atoms with van der Waals surface area (Å²) < 4.78 is 1.60. The van der Waals surface area contributed by atoms with Gasteiger partial charge in [0.2, 0.25) is 0 Å². The minimum absolute atomic E-state index is 0.00138. The summed E-state index contributed by atoms with van der Waals surface area (Å²) in [5, 5.41) is 3.45. The molecule has 3 rings (SSSR count). The van der Waals surface area contributed by atoms with Crippen LogP contribution < -0.4 is 15.8 Å². The highest BCUT2D eigenvalue weighted by molar-refractivity contribution is 5.43. The van der Waals surface area contributed by atoms with E-state index in [1.165, 1.54) is 0 Å². The maximum atomic E-state index is 12.2. The maximum Gasteiger partial charge on any atom is 0.293 e. The topological polar surface area (TPSA) is 50.2 Å². The van der Waals surface area contributed by atoms with Crippen molar-refractivity contribution in [3.8, 4) is 0 Å². The molecular formula is C13H20N4O. The molecule has 3 heterocycles. The molecule has 0 spiro atoms. The van der Waals surface area contributed by atoms with Gasteiger partial charge < -0.3 is 14.8 Å². The summed E-state index contributed by atoms with van der Waals surface area (Å²) in [5.41, 5.74) is -0.00666. The van der Waals surface area contributed by atoms with Crippen LogP contribution in [0.25, 0.3) is 0 Å². The van der Waals surface area contributed by atoms with Crippen molar-refractivity contribution in [2.45, 2.75) is 19.4 Å². The van der Waals surface area contributed by atoms with E-state index in [0.29, 0.717) is 17.7 Å². The Morgan fingerprint density at radius 3 is 2.94 bits per heavy atom. The Kier molecular flexibility index (Phi) is 2.48. The molecule has 98 valence electrons. The number of aryl methyl sites for hydroxylation is 1. The average Bonchev–Trinajstić information content (AvgIpc) is 2.86. The van der Waals surface area contributed by atoms with Crippen molar-refractivity contribution in [2.75, 3.05) is 24.5 Å². The molecule has 2 aliphatic rings. The lowest BCUT2D eigenvalue weighted by Crippen LogP contribution is -2.47. The van der Waals surface area contributed by atoms with Gasteiger partial charge in [-0.15, -0.1) is 0 Å². The van der Waals surface area contributed by atoms with Crippen molar-refractivity contribution in [3.63, 3.8) is 0 Å². The number of nitrogens with one attached hydrogen (secondary N) is 1. The predicted octanol–water partition coefficient (Wildman–Crippen LogP) is 0.214. The number of nitrogens with zero attached hydrogens (tertiary/aromatic N) is 3. The molecule has 2 fully saturated rings. The molecule has 1 aromatic rings. The minimum atomic E-state index is -0.00528. The van der Waals surface area contributed by atoms with Gasteiger partial charge in [-0.3, -0.25) is 4.79 Å². The molecule has 0 radical (unpaired) electrons. The lowest BCUT2D eigenvalue weighted by Gasteiger charge is -2.36. The van der Waals surface area contributed by atoms with Gasteiger partial charge in [0, 0.05) is 44.6 Å². The van der Waals surface area contributed by atoms with E-state index in [1.807, 2.05) is 0 Å². The van der Waals surface area contributed by atoms with Gasteiger partial charge in [0.1, 0.15) is 0 Å². The third kappa shape index (κ3) is 1.50. The third-order valence-electron chi connectivity index (χ3n) is 4.61. The van der Waals surface area contributed by atoms with Gasteiger partial charge in [-0.1, -0.05) is 0 Å². The monoisotopic (exact) mass is 248 g/mol. The van der Waals surface area contributed by atoms with Crippen LogP contribution in [0.5, 0.6) is 0 Å². The zero-order chi connectivity index (χ0) is 12.9. The minimum Gasteiger partial charge on any atom is -0.346 e. The quantitative estimate of drug-likeness (QED) is 0.772. The van der Waals surface area contributed by atoms with Crippen molar-refractivity contribution < 1.29 is 0 Å². The van der Waals surface area contributed by atoms with Crippen LogP contribution >= 0.6 is 0 Å². The highest BCUT2D eigenvalue weighted by Crippen LogP contribution is 2.41. The second-order valence-corrected chi connectivity index (χ2v) is 5.96. The smallest absolute Gasteiger partial charge is 0.293 e. The summed E-state index contributed by atoms with van der Waals surface area (Å²) in [6, 6.07) is 0. The third-order valence-corrected chi connectivity index (χ3v) is 4.61. The van der Waals surface area contributed by atoms with Gasteiger partial charge >= 0.3 is 0 Å². The van der Waals surface area contributed by atoms with Crippen molar-refractivity contribution in [1.29, 1.82) is 0 Å². The van der Waals surface area contributed by atoms with Crippen LogP contribution in [0.4, 0.5) is 5.82 Å². The van der Waals surface area contributed by atoms with Gasteiger partial charge in [-0.2, -0.15) is 0 Å². The summed E-state index contributed by atoms with van der Waals surface area (Å²) in [6.07, 6.45) is 3.41. The lowest BCUT2D eigenvalue weighted by molar-refractivity contribution is 0.355. The Morgan fingerprint density at radius 1 is 1.44 bits per heavy atom. The van der Waals surface area contributed by atoms with E-state index in [4.69, 9.17) is 0 Å². The Labute approximate surface area is 107 Å². The molecule has 0 bridgehead atoms. The van der Waals surface area contributed by atoms with Crippen molar-refractivity contribution in [1.82, 2.24) is 14.9 Å². The molecule has 1 N–H and O–H groups in total. The van der Waals surface area contributed by atoms with E-state index >= 15 is 0 Å². The fourth-order valence-corrected chi connectivity index (χ4v) is 3.45. The molecule has 2 aliphatic heterocycles. The van der Waals surface area contributed by atoms with Crippen molar-refractivity contribution in [3.05, 3.63) is 22.7 Å².